The molecule has 0 N–H and O–H groups in total. The number of hydrogen-bond acceptors (Lipinski definition) is 4. The summed E-state index contributed by atoms with van der Waals surface area (Å²) in [4.78, 5) is 21.0. The van der Waals surface area contributed by atoms with Gasteiger partial charge in [-0.3, -0.25) is 4.79 Å². The van der Waals surface area contributed by atoms with Crippen LogP contribution in [0, 0.1) is 0 Å². The van der Waals surface area contributed by atoms with E-state index in [4.69, 9.17) is 11.6 Å². The molecule has 1 fully saturated rings. The summed E-state index contributed by atoms with van der Waals surface area (Å²) in [6, 6.07) is 7.55. The number of halogens is 1. The molecule has 21 heavy (non-hydrogen) atoms. The Morgan fingerprint density at radius 1 is 1.29 bits per heavy atom. The van der Waals surface area contributed by atoms with Gasteiger partial charge in [0, 0.05) is 49.2 Å². The number of carbonyl (C=O) groups is 1. The third-order valence-electron chi connectivity index (χ3n) is 3.58. The van der Waals surface area contributed by atoms with E-state index in [1.54, 1.807) is 11.3 Å². The van der Waals surface area contributed by atoms with Gasteiger partial charge in [-0.15, -0.1) is 22.9 Å². The Bertz CT molecular complexity index is 609. The van der Waals surface area contributed by atoms with Gasteiger partial charge in [-0.1, -0.05) is 12.1 Å². The number of carbonyl (C=O) groups excluding carboxylic acids is 1. The van der Waals surface area contributed by atoms with Gasteiger partial charge in [0.2, 0.25) is 0 Å². The van der Waals surface area contributed by atoms with Crippen LogP contribution in [0.25, 0.3) is 0 Å². The first kappa shape index (κ1) is 14.4. The van der Waals surface area contributed by atoms with Crippen molar-refractivity contribution in [2.45, 2.75) is 5.88 Å². The molecule has 110 valence electrons. The van der Waals surface area contributed by atoms with E-state index in [9.17, 15) is 4.79 Å². The predicted molar refractivity (Wildman–Crippen MR) is 86.2 cm³/mol. The molecule has 0 aliphatic carbocycles. The molecule has 1 aliphatic heterocycles. The highest BCUT2D eigenvalue weighted by Gasteiger charge is 2.23. The zero-order valence-electron chi connectivity index (χ0n) is 11.5. The van der Waals surface area contributed by atoms with Crippen molar-refractivity contribution >= 4 is 34.0 Å². The molecule has 4 nitrogen and oxygen atoms in total. The van der Waals surface area contributed by atoms with Crippen LogP contribution in [0.5, 0.6) is 0 Å². The van der Waals surface area contributed by atoms with E-state index >= 15 is 0 Å². The van der Waals surface area contributed by atoms with Crippen molar-refractivity contribution in [3.05, 3.63) is 47.0 Å². The van der Waals surface area contributed by atoms with Crippen molar-refractivity contribution in [3.8, 4) is 0 Å². The summed E-state index contributed by atoms with van der Waals surface area (Å²) >= 11 is 7.47. The SMILES string of the molecule is O=C(c1cccc(CCl)c1)N1CCN(c2nccs2)CC1. The predicted octanol–water partition coefficient (Wildman–Crippen LogP) is 2.84. The van der Waals surface area contributed by atoms with Crippen molar-refractivity contribution in [1.29, 1.82) is 0 Å². The number of piperazine rings is 1. The van der Waals surface area contributed by atoms with E-state index in [-0.39, 0.29) is 5.91 Å². The highest BCUT2D eigenvalue weighted by molar-refractivity contribution is 7.13. The van der Waals surface area contributed by atoms with Crippen LogP contribution < -0.4 is 4.90 Å². The standard InChI is InChI=1S/C15H16ClN3OS/c16-11-12-2-1-3-13(10-12)14(20)18-5-7-19(8-6-18)15-17-4-9-21-15/h1-4,9-10H,5-8,11H2. The van der Waals surface area contributed by atoms with E-state index in [0.717, 1.165) is 42.4 Å². The molecule has 0 spiro atoms. The first-order chi connectivity index (χ1) is 10.3. The van der Waals surface area contributed by atoms with Gasteiger partial charge in [-0.05, 0) is 17.7 Å². The van der Waals surface area contributed by atoms with Crippen molar-refractivity contribution in [2.75, 3.05) is 31.1 Å². The number of nitrogens with zero attached hydrogens (tertiary/aromatic N) is 3. The third kappa shape index (κ3) is 3.19. The quantitative estimate of drug-likeness (QED) is 0.816. The average molecular weight is 322 g/mol. The highest BCUT2D eigenvalue weighted by atomic mass is 35.5. The fraction of sp³-hybridized carbons (Fsp3) is 0.333. The number of thiazole rings is 1. The summed E-state index contributed by atoms with van der Waals surface area (Å²) in [7, 11) is 0. The van der Waals surface area contributed by atoms with Crippen LogP contribution in [-0.2, 0) is 5.88 Å². The highest BCUT2D eigenvalue weighted by Crippen LogP contribution is 2.20. The van der Waals surface area contributed by atoms with Gasteiger partial charge in [0.05, 0.1) is 0 Å². The van der Waals surface area contributed by atoms with Crippen LogP contribution in [0.1, 0.15) is 15.9 Å². The average Bonchev–Trinajstić information content (AvgIpc) is 3.09. The molecular formula is C15H16ClN3OS. The molecule has 2 heterocycles. The second-order valence-electron chi connectivity index (χ2n) is 4.93. The van der Waals surface area contributed by atoms with Crippen LogP contribution >= 0.6 is 22.9 Å². The van der Waals surface area contributed by atoms with Crippen LogP contribution in [0.4, 0.5) is 5.13 Å². The maximum atomic E-state index is 12.5. The summed E-state index contributed by atoms with van der Waals surface area (Å²) in [5, 5.41) is 3.01. The number of rotatable bonds is 3. The Labute approximate surface area is 133 Å². The molecule has 0 atom stereocenters. The van der Waals surface area contributed by atoms with E-state index in [1.165, 1.54) is 0 Å². The number of aromatic nitrogens is 1. The zero-order valence-corrected chi connectivity index (χ0v) is 13.1. The molecule has 6 heteroatoms. The minimum Gasteiger partial charge on any atom is -0.345 e. The molecule has 2 aromatic rings. The molecule has 3 rings (SSSR count). The number of alkyl halides is 1. The maximum Gasteiger partial charge on any atom is 0.253 e. The van der Waals surface area contributed by atoms with Gasteiger partial charge >= 0.3 is 0 Å². The normalized spacial score (nSPS) is 15.3. The van der Waals surface area contributed by atoms with Gasteiger partial charge in [-0.25, -0.2) is 4.98 Å². The van der Waals surface area contributed by atoms with Gasteiger partial charge in [0.1, 0.15) is 0 Å². The summed E-state index contributed by atoms with van der Waals surface area (Å²) in [6.45, 7) is 3.11. The minimum absolute atomic E-state index is 0.0840. The van der Waals surface area contributed by atoms with Crippen LogP contribution in [0.15, 0.2) is 35.8 Å². The Hall–Kier alpha value is -1.59. The van der Waals surface area contributed by atoms with Crippen LogP contribution in [0.2, 0.25) is 0 Å². The lowest BCUT2D eigenvalue weighted by Gasteiger charge is -2.34. The summed E-state index contributed by atoms with van der Waals surface area (Å²) in [6.07, 6.45) is 1.81. The number of amides is 1. The fourth-order valence-electron chi connectivity index (χ4n) is 2.44. The van der Waals surface area contributed by atoms with Gasteiger partial charge < -0.3 is 9.80 Å². The first-order valence-electron chi connectivity index (χ1n) is 6.86. The van der Waals surface area contributed by atoms with Crippen molar-refractivity contribution in [1.82, 2.24) is 9.88 Å². The molecule has 0 unspecified atom stereocenters. The van der Waals surface area contributed by atoms with Gasteiger partial charge in [-0.2, -0.15) is 0 Å². The Morgan fingerprint density at radius 2 is 2.10 bits per heavy atom. The molecule has 1 saturated heterocycles. The maximum absolute atomic E-state index is 12.5. The fourth-order valence-corrected chi connectivity index (χ4v) is 3.31. The van der Waals surface area contributed by atoms with Crippen LogP contribution in [-0.4, -0.2) is 42.0 Å². The molecular weight excluding hydrogens is 306 g/mol. The minimum atomic E-state index is 0.0840. The summed E-state index contributed by atoms with van der Waals surface area (Å²) < 4.78 is 0. The molecule has 1 amide bonds. The molecule has 0 radical (unpaired) electrons. The van der Waals surface area contributed by atoms with E-state index in [1.807, 2.05) is 40.7 Å². The third-order valence-corrected chi connectivity index (χ3v) is 4.73. The monoisotopic (exact) mass is 321 g/mol. The van der Waals surface area contributed by atoms with Crippen molar-refractivity contribution in [3.63, 3.8) is 0 Å². The smallest absolute Gasteiger partial charge is 0.253 e. The zero-order chi connectivity index (χ0) is 14.7. The lowest BCUT2D eigenvalue weighted by Crippen LogP contribution is -2.48. The number of anilines is 1. The largest absolute Gasteiger partial charge is 0.345 e. The number of hydrogen-bond donors (Lipinski definition) is 0. The van der Waals surface area contributed by atoms with Crippen LogP contribution in [0.3, 0.4) is 0 Å². The lowest BCUT2D eigenvalue weighted by molar-refractivity contribution is 0.0746. The Balaban J connectivity index is 1.64. The number of benzene rings is 1. The van der Waals surface area contributed by atoms with Crippen molar-refractivity contribution in [2.24, 2.45) is 0 Å². The lowest BCUT2D eigenvalue weighted by atomic mass is 10.1. The summed E-state index contributed by atoms with van der Waals surface area (Å²) in [5.74, 6) is 0.514. The topological polar surface area (TPSA) is 36.4 Å². The molecule has 1 aliphatic rings. The Kier molecular flexibility index (Phi) is 4.41. The second kappa shape index (κ2) is 6.45. The molecule has 1 aromatic heterocycles. The Morgan fingerprint density at radius 3 is 2.76 bits per heavy atom. The van der Waals surface area contributed by atoms with Gasteiger partial charge in [0.25, 0.3) is 5.91 Å². The van der Waals surface area contributed by atoms with Gasteiger partial charge in [0.15, 0.2) is 5.13 Å². The van der Waals surface area contributed by atoms with E-state index in [0.29, 0.717) is 5.88 Å². The second-order valence-corrected chi connectivity index (χ2v) is 6.07. The summed E-state index contributed by atoms with van der Waals surface area (Å²) in [5.41, 5.74) is 1.69. The van der Waals surface area contributed by atoms with E-state index in [2.05, 4.69) is 9.88 Å². The van der Waals surface area contributed by atoms with Crippen molar-refractivity contribution < 1.29 is 4.79 Å². The molecule has 0 bridgehead atoms. The molecule has 1 aromatic carbocycles. The van der Waals surface area contributed by atoms with E-state index < -0.39 is 0 Å². The molecule has 0 saturated carbocycles. The first-order valence-corrected chi connectivity index (χ1v) is 8.28.